The molecule has 1 rings (SSSR count). The first-order valence-corrected chi connectivity index (χ1v) is 6.71. The SMILES string of the molecule is CC.CC(C)(C)OC=O.COC(=O)C1CCCN1C. The number of likely N-dealkylation sites (tertiary alicyclic amines) is 1. The Hall–Kier alpha value is -1.10. The van der Waals surface area contributed by atoms with Crippen LogP contribution in [0, 0.1) is 0 Å². The van der Waals surface area contributed by atoms with Gasteiger partial charge >= 0.3 is 5.97 Å². The highest BCUT2D eigenvalue weighted by molar-refractivity contribution is 5.75. The molecule has 0 aromatic carbocycles. The van der Waals surface area contributed by atoms with E-state index in [9.17, 15) is 9.59 Å². The summed E-state index contributed by atoms with van der Waals surface area (Å²) in [7, 11) is 3.39. The van der Waals surface area contributed by atoms with Crippen molar-refractivity contribution in [1.82, 2.24) is 4.90 Å². The molecule has 1 unspecified atom stereocenters. The Kier molecular flexibility index (Phi) is 11.5. The minimum atomic E-state index is -0.318. The van der Waals surface area contributed by atoms with E-state index in [1.165, 1.54) is 7.11 Å². The van der Waals surface area contributed by atoms with Gasteiger partial charge in [0.05, 0.1) is 7.11 Å². The summed E-state index contributed by atoms with van der Waals surface area (Å²) in [5.41, 5.74) is -0.318. The molecule has 0 radical (unpaired) electrons. The number of carbonyl (C=O) groups excluding carboxylic acids is 2. The van der Waals surface area contributed by atoms with Crippen LogP contribution in [0.1, 0.15) is 47.5 Å². The van der Waals surface area contributed by atoms with Crippen LogP contribution in [0.4, 0.5) is 0 Å². The van der Waals surface area contributed by atoms with E-state index in [1.54, 1.807) is 0 Å². The van der Waals surface area contributed by atoms with Gasteiger partial charge in [0.15, 0.2) is 0 Å². The van der Waals surface area contributed by atoms with Crippen molar-refractivity contribution in [3.8, 4) is 0 Å². The first-order valence-electron chi connectivity index (χ1n) is 6.71. The molecule has 1 saturated heterocycles. The van der Waals surface area contributed by atoms with Gasteiger partial charge in [-0.05, 0) is 47.2 Å². The molecule has 5 heteroatoms. The van der Waals surface area contributed by atoms with E-state index in [4.69, 9.17) is 0 Å². The van der Waals surface area contributed by atoms with E-state index >= 15 is 0 Å². The van der Waals surface area contributed by atoms with Crippen LogP contribution in [-0.4, -0.2) is 49.7 Å². The largest absolute Gasteiger partial charge is 0.468 e. The molecule has 0 bridgehead atoms. The van der Waals surface area contributed by atoms with Crippen LogP contribution in [0.5, 0.6) is 0 Å². The second-order valence-corrected chi connectivity index (χ2v) is 4.99. The number of nitrogens with zero attached hydrogens (tertiary/aromatic N) is 1. The zero-order chi connectivity index (χ0) is 15.5. The first-order chi connectivity index (χ1) is 8.81. The van der Waals surface area contributed by atoms with Crippen LogP contribution < -0.4 is 0 Å². The second-order valence-electron chi connectivity index (χ2n) is 4.99. The molecule has 1 aliphatic heterocycles. The predicted molar refractivity (Wildman–Crippen MR) is 75.9 cm³/mol. The standard InChI is InChI=1S/C7H13NO2.C5H10O2.C2H6/c1-8-5-3-4-6(8)7(9)10-2;1-5(2,3)7-4-6;1-2/h6H,3-5H2,1-2H3;4H,1-3H3;1-2H3. The number of hydrogen-bond acceptors (Lipinski definition) is 5. The van der Waals surface area contributed by atoms with Crippen molar-refractivity contribution in [3.05, 3.63) is 0 Å². The summed E-state index contributed by atoms with van der Waals surface area (Å²) in [6.07, 6.45) is 2.06. The monoisotopic (exact) mass is 275 g/mol. The minimum Gasteiger partial charge on any atom is -0.468 e. The van der Waals surface area contributed by atoms with E-state index in [2.05, 4.69) is 9.47 Å². The molecular formula is C14H29NO4. The van der Waals surface area contributed by atoms with Crippen LogP contribution in [-0.2, 0) is 19.1 Å². The Balaban J connectivity index is 0. The fraction of sp³-hybridized carbons (Fsp3) is 0.857. The van der Waals surface area contributed by atoms with Crippen LogP contribution in [0.2, 0.25) is 0 Å². The minimum absolute atomic E-state index is 0.0185. The number of ether oxygens (including phenoxy) is 2. The summed E-state index contributed by atoms with van der Waals surface area (Å²) in [5, 5.41) is 0. The molecule has 0 spiro atoms. The van der Waals surface area contributed by atoms with Crippen molar-refractivity contribution < 1.29 is 19.1 Å². The first kappa shape index (κ1) is 20.2. The van der Waals surface area contributed by atoms with Crippen molar-refractivity contribution in [2.75, 3.05) is 20.7 Å². The Morgan fingerprint density at radius 3 is 2.05 bits per heavy atom. The topological polar surface area (TPSA) is 55.8 Å². The van der Waals surface area contributed by atoms with Gasteiger partial charge in [-0.1, -0.05) is 13.8 Å². The smallest absolute Gasteiger partial charge is 0.323 e. The van der Waals surface area contributed by atoms with Crippen LogP contribution in [0.15, 0.2) is 0 Å². The van der Waals surface area contributed by atoms with Gasteiger partial charge in [-0.25, -0.2) is 0 Å². The number of hydrogen-bond donors (Lipinski definition) is 0. The van der Waals surface area contributed by atoms with Gasteiger partial charge in [-0.15, -0.1) is 0 Å². The fourth-order valence-corrected chi connectivity index (χ4v) is 1.49. The quantitative estimate of drug-likeness (QED) is 0.571. The van der Waals surface area contributed by atoms with Gasteiger partial charge in [-0.3, -0.25) is 14.5 Å². The number of methoxy groups -OCH3 is 1. The summed E-state index contributed by atoms with van der Waals surface area (Å²) < 4.78 is 9.17. The maximum atomic E-state index is 11.0. The Morgan fingerprint density at radius 2 is 1.84 bits per heavy atom. The van der Waals surface area contributed by atoms with Crippen molar-refractivity contribution >= 4 is 12.4 Å². The molecule has 1 aliphatic rings. The lowest BCUT2D eigenvalue weighted by Gasteiger charge is -2.15. The normalized spacial score (nSPS) is 18.4. The molecule has 114 valence electrons. The molecule has 1 fully saturated rings. The second kappa shape index (κ2) is 10.8. The van der Waals surface area contributed by atoms with Gasteiger partial charge < -0.3 is 9.47 Å². The summed E-state index contributed by atoms with van der Waals surface area (Å²) >= 11 is 0. The summed E-state index contributed by atoms with van der Waals surface area (Å²) in [5.74, 6) is -0.0972. The van der Waals surface area contributed by atoms with Crippen molar-refractivity contribution in [3.63, 3.8) is 0 Å². The average Bonchev–Trinajstić information content (AvgIpc) is 2.76. The molecule has 0 aromatic heterocycles. The molecule has 1 heterocycles. The van der Waals surface area contributed by atoms with Crippen LogP contribution in [0.25, 0.3) is 0 Å². The van der Waals surface area contributed by atoms with Gasteiger partial charge in [0.1, 0.15) is 11.6 Å². The average molecular weight is 275 g/mol. The van der Waals surface area contributed by atoms with Crippen molar-refractivity contribution in [2.45, 2.75) is 59.1 Å². The zero-order valence-corrected chi connectivity index (χ0v) is 13.4. The van der Waals surface area contributed by atoms with Crippen LogP contribution in [0.3, 0.4) is 0 Å². The molecule has 0 amide bonds. The Labute approximate surface area is 117 Å². The van der Waals surface area contributed by atoms with E-state index in [0.29, 0.717) is 6.47 Å². The molecule has 19 heavy (non-hydrogen) atoms. The molecule has 0 N–H and O–H groups in total. The maximum Gasteiger partial charge on any atom is 0.323 e. The summed E-state index contributed by atoms with van der Waals surface area (Å²) in [6, 6.07) is 0.0185. The van der Waals surface area contributed by atoms with Gasteiger partial charge in [0.25, 0.3) is 6.47 Å². The number of rotatable bonds is 2. The lowest BCUT2D eigenvalue weighted by atomic mass is 10.2. The molecule has 5 nitrogen and oxygen atoms in total. The predicted octanol–water partition coefficient (Wildman–Crippen LogP) is 2.24. The highest BCUT2D eigenvalue weighted by Crippen LogP contribution is 2.15. The van der Waals surface area contributed by atoms with E-state index in [-0.39, 0.29) is 17.6 Å². The lowest BCUT2D eigenvalue weighted by Crippen LogP contribution is -2.33. The van der Waals surface area contributed by atoms with Crippen molar-refractivity contribution in [2.24, 2.45) is 0 Å². The summed E-state index contributed by atoms with van der Waals surface area (Å²) in [4.78, 5) is 22.6. The highest BCUT2D eigenvalue weighted by atomic mass is 16.5. The van der Waals surface area contributed by atoms with Gasteiger partial charge in [-0.2, -0.15) is 0 Å². The third-order valence-corrected chi connectivity index (χ3v) is 2.40. The fourth-order valence-electron chi connectivity index (χ4n) is 1.49. The number of carbonyl (C=O) groups is 2. The summed E-state index contributed by atoms with van der Waals surface area (Å²) in [6.45, 7) is 10.9. The number of likely N-dealkylation sites (N-methyl/N-ethyl adjacent to an activating group) is 1. The Bertz CT molecular complexity index is 248. The zero-order valence-electron chi connectivity index (χ0n) is 13.4. The van der Waals surface area contributed by atoms with Crippen molar-refractivity contribution in [1.29, 1.82) is 0 Å². The maximum absolute atomic E-state index is 11.0. The van der Waals surface area contributed by atoms with Gasteiger partial charge in [0, 0.05) is 0 Å². The van der Waals surface area contributed by atoms with E-state index < -0.39 is 0 Å². The molecule has 0 aliphatic carbocycles. The van der Waals surface area contributed by atoms with E-state index in [0.717, 1.165) is 19.4 Å². The van der Waals surface area contributed by atoms with Gasteiger partial charge in [0.2, 0.25) is 0 Å². The number of esters is 1. The Morgan fingerprint density at radius 1 is 1.32 bits per heavy atom. The third-order valence-electron chi connectivity index (χ3n) is 2.40. The highest BCUT2D eigenvalue weighted by Gasteiger charge is 2.27. The molecular weight excluding hydrogens is 246 g/mol. The molecule has 1 atom stereocenters. The lowest BCUT2D eigenvalue weighted by molar-refractivity contribution is -0.145. The third kappa shape index (κ3) is 10.5. The van der Waals surface area contributed by atoms with Crippen LogP contribution >= 0.6 is 0 Å². The van der Waals surface area contributed by atoms with E-state index in [1.807, 2.05) is 46.6 Å². The molecule has 0 saturated carbocycles. The molecule has 0 aromatic rings.